The van der Waals surface area contributed by atoms with E-state index in [9.17, 15) is 13.2 Å². The van der Waals surface area contributed by atoms with Crippen LogP contribution in [0, 0.1) is 0 Å². The lowest BCUT2D eigenvalue weighted by molar-refractivity contribution is 0.251. The van der Waals surface area contributed by atoms with Crippen molar-refractivity contribution in [3.05, 3.63) is 54.4 Å². The standard InChI is InChI=1S/C18H22N4O3S/c23-18(20-14-16-7-2-3-10-19-16)21-15-8-6-9-17(13-15)26(24,25)22-11-4-1-5-12-22/h2-3,6-10,13H,1,4-5,11-12,14H2,(H2,20,21,23). The maximum absolute atomic E-state index is 12.7. The molecule has 0 unspecified atom stereocenters. The second-order valence-corrected chi connectivity index (χ2v) is 8.06. The monoisotopic (exact) mass is 374 g/mol. The normalized spacial score (nSPS) is 15.4. The van der Waals surface area contributed by atoms with E-state index in [-0.39, 0.29) is 4.90 Å². The van der Waals surface area contributed by atoms with Crippen molar-refractivity contribution in [1.82, 2.24) is 14.6 Å². The van der Waals surface area contributed by atoms with Gasteiger partial charge in [-0.3, -0.25) is 4.98 Å². The maximum atomic E-state index is 12.7. The molecule has 1 aliphatic heterocycles. The highest BCUT2D eigenvalue weighted by atomic mass is 32.2. The topological polar surface area (TPSA) is 91.4 Å². The largest absolute Gasteiger partial charge is 0.332 e. The average Bonchev–Trinajstić information content (AvgIpc) is 2.68. The van der Waals surface area contributed by atoms with Gasteiger partial charge in [0.15, 0.2) is 0 Å². The summed E-state index contributed by atoms with van der Waals surface area (Å²) in [5.41, 5.74) is 1.17. The Morgan fingerprint density at radius 3 is 2.62 bits per heavy atom. The van der Waals surface area contributed by atoms with E-state index in [4.69, 9.17) is 0 Å². The fourth-order valence-electron chi connectivity index (χ4n) is 2.84. The van der Waals surface area contributed by atoms with Gasteiger partial charge < -0.3 is 10.6 Å². The van der Waals surface area contributed by atoms with E-state index >= 15 is 0 Å². The Labute approximate surface area is 153 Å². The number of carbonyl (C=O) groups is 1. The van der Waals surface area contributed by atoms with Gasteiger partial charge in [-0.15, -0.1) is 0 Å². The smallest absolute Gasteiger partial charge is 0.319 e. The predicted octanol–water partition coefficient (Wildman–Crippen LogP) is 2.58. The van der Waals surface area contributed by atoms with Crippen molar-refractivity contribution in [3.63, 3.8) is 0 Å². The number of amides is 2. The number of aromatic nitrogens is 1. The minimum absolute atomic E-state index is 0.196. The molecule has 1 aliphatic rings. The van der Waals surface area contributed by atoms with Gasteiger partial charge >= 0.3 is 6.03 Å². The van der Waals surface area contributed by atoms with Gasteiger partial charge in [-0.2, -0.15) is 4.31 Å². The third-order valence-corrected chi connectivity index (χ3v) is 6.10. The van der Waals surface area contributed by atoms with Crippen LogP contribution in [0.5, 0.6) is 0 Å². The maximum Gasteiger partial charge on any atom is 0.319 e. The molecule has 8 heteroatoms. The van der Waals surface area contributed by atoms with Gasteiger partial charge in [-0.1, -0.05) is 18.6 Å². The van der Waals surface area contributed by atoms with E-state index in [1.54, 1.807) is 30.5 Å². The van der Waals surface area contributed by atoms with E-state index in [1.807, 2.05) is 12.1 Å². The molecule has 1 aromatic carbocycles. The van der Waals surface area contributed by atoms with Crippen LogP contribution in [-0.2, 0) is 16.6 Å². The number of pyridine rings is 1. The number of nitrogens with zero attached hydrogens (tertiary/aromatic N) is 2. The molecule has 1 aromatic heterocycles. The SMILES string of the molecule is O=C(NCc1ccccn1)Nc1cccc(S(=O)(=O)N2CCCCC2)c1. The Hall–Kier alpha value is -2.45. The van der Waals surface area contributed by atoms with Crippen molar-refractivity contribution in [3.8, 4) is 0 Å². The Morgan fingerprint density at radius 2 is 1.88 bits per heavy atom. The van der Waals surface area contributed by atoms with E-state index in [0.29, 0.717) is 25.3 Å². The number of carbonyl (C=O) groups excluding carboxylic acids is 1. The zero-order valence-corrected chi connectivity index (χ0v) is 15.2. The van der Waals surface area contributed by atoms with Gasteiger partial charge in [0.05, 0.1) is 17.1 Å². The summed E-state index contributed by atoms with van der Waals surface area (Å²) in [5.74, 6) is 0. The Balaban J connectivity index is 1.64. The molecule has 3 rings (SSSR count). The minimum atomic E-state index is -3.52. The molecular formula is C18H22N4O3S. The Bertz CT molecular complexity index is 850. The molecule has 2 N–H and O–H groups in total. The molecule has 26 heavy (non-hydrogen) atoms. The summed E-state index contributed by atoms with van der Waals surface area (Å²) in [7, 11) is -3.52. The molecule has 1 fully saturated rings. The lowest BCUT2D eigenvalue weighted by Gasteiger charge is -2.26. The third-order valence-electron chi connectivity index (χ3n) is 4.20. The first kappa shape index (κ1) is 18.3. The number of sulfonamides is 1. The molecule has 2 heterocycles. The van der Waals surface area contributed by atoms with Crippen molar-refractivity contribution >= 4 is 21.7 Å². The van der Waals surface area contributed by atoms with E-state index in [0.717, 1.165) is 25.0 Å². The van der Waals surface area contributed by atoms with Crippen LogP contribution in [0.4, 0.5) is 10.5 Å². The zero-order valence-electron chi connectivity index (χ0n) is 14.4. The lowest BCUT2D eigenvalue weighted by atomic mass is 10.2. The van der Waals surface area contributed by atoms with Crippen molar-refractivity contribution in [1.29, 1.82) is 0 Å². The first-order valence-electron chi connectivity index (χ1n) is 8.61. The second kappa shape index (κ2) is 8.29. The molecule has 2 amide bonds. The van der Waals surface area contributed by atoms with Crippen LogP contribution in [0.25, 0.3) is 0 Å². The minimum Gasteiger partial charge on any atom is -0.332 e. The van der Waals surface area contributed by atoms with Crippen molar-refractivity contribution in [2.75, 3.05) is 18.4 Å². The third kappa shape index (κ3) is 4.59. The molecular weight excluding hydrogens is 352 g/mol. The van der Waals surface area contributed by atoms with E-state index in [1.165, 1.54) is 10.4 Å². The molecule has 0 saturated carbocycles. The highest BCUT2D eigenvalue weighted by molar-refractivity contribution is 7.89. The summed E-state index contributed by atoms with van der Waals surface area (Å²) in [4.78, 5) is 16.4. The fraction of sp³-hybridized carbons (Fsp3) is 0.333. The highest BCUT2D eigenvalue weighted by Crippen LogP contribution is 2.22. The first-order chi connectivity index (χ1) is 12.6. The first-order valence-corrected chi connectivity index (χ1v) is 10.0. The van der Waals surface area contributed by atoms with Crippen molar-refractivity contribution in [2.45, 2.75) is 30.7 Å². The summed E-state index contributed by atoms with van der Waals surface area (Å²) < 4.78 is 27.0. The number of rotatable bonds is 5. The van der Waals surface area contributed by atoms with E-state index in [2.05, 4.69) is 15.6 Å². The highest BCUT2D eigenvalue weighted by Gasteiger charge is 2.26. The number of nitrogens with one attached hydrogen (secondary N) is 2. The van der Waals surface area contributed by atoms with Crippen LogP contribution in [-0.4, -0.2) is 36.8 Å². The van der Waals surface area contributed by atoms with Crippen LogP contribution >= 0.6 is 0 Å². The average molecular weight is 374 g/mol. The van der Waals surface area contributed by atoms with Gasteiger partial charge in [-0.05, 0) is 43.2 Å². The summed E-state index contributed by atoms with van der Waals surface area (Å²) >= 11 is 0. The van der Waals surface area contributed by atoms with Gasteiger partial charge in [0, 0.05) is 25.0 Å². The number of urea groups is 1. The quantitative estimate of drug-likeness (QED) is 0.841. The summed E-state index contributed by atoms with van der Waals surface area (Å²) in [6, 6.07) is 11.4. The fourth-order valence-corrected chi connectivity index (χ4v) is 4.40. The van der Waals surface area contributed by atoms with Crippen LogP contribution in [0.3, 0.4) is 0 Å². The molecule has 1 saturated heterocycles. The number of anilines is 1. The Kier molecular flexibility index (Phi) is 5.85. The molecule has 7 nitrogen and oxygen atoms in total. The molecule has 0 bridgehead atoms. The van der Waals surface area contributed by atoms with Crippen LogP contribution in [0.15, 0.2) is 53.6 Å². The molecule has 138 valence electrons. The summed E-state index contributed by atoms with van der Waals surface area (Å²) in [6.45, 7) is 1.38. The Morgan fingerprint density at radius 1 is 1.08 bits per heavy atom. The number of hydrogen-bond acceptors (Lipinski definition) is 4. The van der Waals surface area contributed by atoms with Crippen molar-refractivity contribution in [2.24, 2.45) is 0 Å². The number of benzene rings is 1. The number of hydrogen-bond donors (Lipinski definition) is 2. The van der Waals surface area contributed by atoms with Crippen molar-refractivity contribution < 1.29 is 13.2 Å². The van der Waals surface area contributed by atoms with Gasteiger partial charge in [0.25, 0.3) is 0 Å². The molecule has 0 spiro atoms. The number of piperidine rings is 1. The second-order valence-electron chi connectivity index (χ2n) is 6.12. The molecule has 0 radical (unpaired) electrons. The van der Waals surface area contributed by atoms with Crippen LogP contribution in [0.2, 0.25) is 0 Å². The van der Waals surface area contributed by atoms with Crippen LogP contribution < -0.4 is 10.6 Å². The van der Waals surface area contributed by atoms with Crippen LogP contribution in [0.1, 0.15) is 25.0 Å². The lowest BCUT2D eigenvalue weighted by Crippen LogP contribution is -2.35. The molecule has 0 atom stereocenters. The van der Waals surface area contributed by atoms with Gasteiger partial charge in [0.1, 0.15) is 0 Å². The van der Waals surface area contributed by atoms with Gasteiger partial charge in [-0.25, -0.2) is 13.2 Å². The summed E-state index contributed by atoms with van der Waals surface area (Å²) in [6.07, 6.45) is 4.48. The summed E-state index contributed by atoms with van der Waals surface area (Å²) in [5, 5.41) is 5.36. The predicted molar refractivity (Wildman–Crippen MR) is 99.1 cm³/mol. The molecule has 2 aromatic rings. The van der Waals surface area contributed by atoms with Gasteiger partial charge in [0.2, 0.25) is 10.0 Å². The molecule has 0 aliphatic carbocycles. The van der Waals surface area contributed by atoms with E-state index < -0.39 is 16.1 Å². The zero-order chi connectivity index (χ0) is 18.4.